The summed E-state index contributed by atoms with van der Waals surface area (Å²) in [4.78, 5) is 38.7. The monoisotopic (exact) mass is 678 g/mol. The van der Waals surface area contributed by atoms with E-state index in [4.69, 9.17) is 32.9 Å². The molecule has 254 valence electrons. The van der Waals surface area contributed by atoms with Crippen molar-refractivity contribution in [3.63, 3.8) is 0 Å². The molecule has 2 aromatic heterocycles. The van der Waals surface area contributed by atoms with Crippen LogP contribution in [0, 0.1) is 12.5 Å². The molecule has 4 heterocycles. The summed E-state index contributed by atoms with van der Waals surface area (Å²) in [5.41, 5.74) is 2.75. The molecule has 6 rings (SSSR count). The summed E-state index contributed by atoms with van der Waals surface area (Å²) in [6.45, 7) is 18.3. The molecular weight excluding hydrogens is 638 g/mol. The van der Waals surface area contributed by atoms with Gasteiger partial charge in [-0.1, -0.05) is 30.3 Å². The number of ether oxygens (including phenoxy) is 1. The first-order valence-electron chi connectivity index (χ1n) is 16.4. The van der Waals surface area contributed by atoms with Gasteiger partial charge in [-0.25, -0.2) is 15.4 Å². The number of halogens is 3. The second-order valence-corrected chi connectivity index (χ2v) is 13.6. The van der Waals surface area contributed by atoms with Crippen molar-refractivity contribution < 1.29 is 18.3 Å². The van der Waals surface area contributed by atoms with Crippen molar-refractivity contribution in [1.82, 2.24) is 24.8 Å². The standard InChI is InChI=1S/C35H41ClF2N8O2/c1-6-31(47)46-13-12-45(20-26(46)17-39-4)33-27-10-11-44(30-18-40-16-24-8-7-9-28(36)32(24)30)21-29(27)41-34(42-33)48-22(2)19-43(5)23(3)25-14-35(37,38)15-25/h6-9,16,18,22-23,25-26H,1,10-15,17,19-21H2,2-3,5H3/t22-,23+,26-/m0/s1. The molecule has 48 heavy (non-hydrogen) atoms. The Morgan fingerprint density at radius 3 is 2.75 bits per heavy atom. The predicted octanol–water partition coefficient (Wildman–Crippen LogP) is 5.50. The van der Waals surface area contributed by atoms with E-state index in [0.717, 1.165) is 33.5 Å². The number of alkyl halides is 2. The van der Waals surface area contributed by atoms with Crippen LogP contribution in [-0.4, -0.2) is 101 Å². The molecule has 3 aliphatic rings. The molecule has 1 amide bonds. The van der Waals surface area contributed by atoms with Crippen LogP contribution in [0.5, 0.6) is 6.01 Å². The van der Waals surface area contributed by atoms with Crippen molar-refractivity contribution in [3.05, 3.63) is 70.9 Å². The van der Waals surface area contributed by atoms with E-state index in [-0.39, 0.29) is 55.4 Å². The maximum Gasteiger partial charge on any atom is 0.318 e. The number of nitrogens with zero attached hydrogens (tertiary/aromatic N) is 8. The van der Waals surface area contributed by atoms with Gasteiger partial charge in [0, 0.05) is 74.1 Å². The van der Waals surface area contributed by atoms with E-state index < -0.39 is 5.92 Å². The van der Waals surface area contributed by atoms with E-state index in [0.29, 0.717) is 50.7 Å². The Hall–Kier alpha value is -4.08. The minimum atomic E-state index is -2.56. The van der Waals surface area contributed by atoms with Gasteiger partial charge in [-0.05, 0) is 45.4 Å². The molecule has 3 atom stereocenters. The van der Waals surface area contributed by atoms with Crippen molar-refractivity contribution >= 4 is 39.8 Å². The Bertz CT molecular complexity index is 1720. The Kier molecular flexibility index (Phi) is 9.72. The fourth-order valence-electron chi connectivity index (χ4n) is 7.23. The maximum absolute atomic E-state index is 13.6. The van der Waals surface area contributed by atoms with Crippen molar-refractivity contribution in [2.75, 3.05) is 56.1 Å². The second kappa shape index (κ2) is 13.8. The van der Waals surface area contributed by atoms with Crippen LogP contribution in [0.2, 0.25) is 5.02 Å². The van der Waals surface area contributed by atoms with Crippen LogP contribution in [0.15, 0.2) is 43.2 Å². The molecule has 3 aromatic rings. The largest absolute Gasteiger partial charge is 0.459 e. The summed E-state index contributed by atoms with van der Waals surface area (Å²) in [5, 5.41) is 2.54. The average Bonchev–Trinajstić information content (AvgIpc) is 3.05. The highest BCUT2D eigenvalue weighted by molar-refractivity contribution is 6.36. The summed E-state index contributed by atoms with van der Waals surface area (Å²) in [6.07, 6.45) is 5.11. The Balaban J connectivity index is 1.29. The van der Waals surface area contributed by atoms with Gasteiger partial charge in [-0.15, -0.1) is 0 Å². The number of rotatable bonds is 10. The highest BCUT2D eigenvalue weighted by atomic mass is 35.5. The Morgan fingerprint density at radius 1 is 1.23 bits per heavy atom. The van der Waals surface area contributed by atoms with Gasteiger partial charge in [0.2, 0.25) is 18.4 Å². The predicted molar refractivity (Wildman–Crippen MR) is 183 cm³/mol. The highest BCUT2D eigenvalue weighted by Crippen LogP contribution is 2.45. The lowest BCUT2D eigenvalue weighted by Gasteiger charge is -2.42. The van der Waals surface area contributed by atoms with Crippen LogP contribution < -0.4 is 14.5 Å². The number of hydrogen-bond donors (Lipinski definition) is 0. The molecule has 13 heteroatoms. The number of fused-ring (bicyclic) bond motifs is 2. The number of pyridine rings is 1. The van der Waals surface area contributed by atoms with E-state index in [2.05, 4.69) is 31.1 Å². The Morgan fingerprint density at radius 2 is 2.02 bits per heavy atom. The highest BCUT2D eigenvalue weighted by Gasteiger charge is 2.48. The number of likely N-dealkylation sites (N-methyl/N-ethyl adjacent to an activating group) is 1. The number of hydrogen-bond acceptors (Lipinski definition) is 8. The number of amides is 1. The van der Waals surface area contributed by atoms with E-state index in [1.807, 2.05) is 45.3 Å². The van der Waals surface area contributed by atoms with Gasteiger partial charge in [0.25, 0.3) is 0 Å². The van der Waals surface area contributed by atoms with Crippen LogP contribution >= 0.6 is 11.6 Å². The smallest absolute Gasteiger partial charge is 0.318 e. The van der Waals surface area contributed by atoms with Crippen molar-refractivity contribution in [2.45, 2.75) is 63.8 Å². The number of piperazine rings is 1. The number of carbonyl (C=O) groups is 1. The summed E-state index contributed by atoms with van der Waals surface area (Å²) in [6, 6.07) is 5.69. The first-order valence-corrected chi connectivity index (χ1v) is 16.8. The molecular formula is C35H41ClF2N8O2. The van der Waals surface area contributed by atoms with Crippen LogP contribution in [0.1, 0.15) is 37.9 Å². The van der Waals surface area contributed by atoms with Gasteiger partial charge in [-0.2, -0.15) is 9.97 Å². The van der Waals surface area contributed by atoms with Crippen LogP contribution in [-0.2, 0) is 17.8 Å². The molecule has 10 nitrogen and oxygen atoms in total. The van der Waals surface area contributed by atoms with Crippen LogP contribution in [0.4, 0.5) is 20.3 Å². The average molecular weight is 679 g/mol. The molecule has 0 radical (unpaired) electrons. The van der Waals surface area contributed by atoms with Gasteiger partial charge < -0.3 is 24.3 Å². The lowest BCUT2D eigenvalue weighted by Crippen LogP contribution is -2.56. The number of benzene rings is 1. The molecule has 1 aromatic carbocycles. The summed E-state index contributed by atoms with van der Waals surface area (Å²) in [7, 11) is 1.93. The quantitative estimate of drug-likeness (QED) is 0.206. The van der Waals surface area contributed by atoms with E-state index in [1.54, 1.807) is 11.1 Å². The van der Waals surface area contributed by atoms with Gasteiger partial charge in [0.05, 0.1) is 29.1 Å². The summed E-state index contributed by atoms with van der Waals surface area (Å²) < 4.78 is 33.5. The van der Waals surface area contributed by atoms with E-state index in [9.17, 15) is 13.6 Å². The lowest BCUT2D eigenvalue weighted by molar-refractivity contribution is -0.129. The number of aromatic nitrogens is 3. The van der Waals surface area contributed by atoms with Crippen molar-refractivity contribution in [3.8, 4) is 6.01 Å². The molecule has 1 aliphatic carbocycles. The number of anilines is 2. The molecule has 0 unspecified atom stereocenters. The Labute approximate surface area is 285 Å². The van der Waals surface area contributed by atoms with Crippen LogP contribution in [0.3, 0.4) is 0 Å². The van der Waals surface area contributed by atoms with Gasteiger partial charge in [-0.3, -0.25) is 14.7 Å². The van der Waals surface area contributed by atoms with Gasteiger partial charge in [0.1, 0.15) is 18.0 Å². The fourth-order valence-corrected chi connectivity index (χ4v) is 7.51. The number of carbonyl (C=O) groups excluding carboxylic acids is 1. The minimum absolute atomic E-state index is 0.0145. The third-order valence-electron chi connectivity index (χ3n) is 9.97. The third kappa shape index (κ3) is 6.89. The normalized spacial score (nSPS) is 20.5. The first-order chi connectivity index (χ1) is 23.0. The summed E-state index contributed by atoms with van der Waals surface area (Å²) in [5.74, 6) is -2.06. The minimum Gasteiger partial charge on any atom is -0.459 e. The molecule has 1 saturated carbocycles. The molecule has 1 saturated heterocycles. The fraction of sp³-hybridized carbons (Fsp3) is 0.514. The SMILES string of the molecule is [C-]#[N+]C[C@H]1CN(c2nc(O[C@@H](C)CN(C)[C@H](C)C3CC(F)(F)C3)nc3c2CCN(c2cncc4cccc(Cl)c24)C3)CCN1C(=O)C=C. The van der Waals surface area contributed by atoms with Crippen molar-refractivity contribution in [2.24, 2.45) is 5.92 Å². The summed E-state index contributed by atoms with van der Waals surface area (Å²) >= 11 is 6.68. The molecule has 2 fully saturated rings. The van der Waals surface area contributed by atoms with Crippen LogP contribution in [0.25, 0.3) is 15.6 Å². The van der Waals surface area contributed by atoms with Gasteiger partial charge >= 0.3 is 6.01 Å². The van der Waals surface area contributed by atoms with Gasteiger partial charge in [0.15, 0.2) is 0 Å². The maximum atomic E-state index is 13.6. The van der Waals surface area contributed by atoms with Crippen molar-refractivity contribution in [1.29, 1.82) is 0 Å². The molecule has 0 spiro atoms. The zero-order chi connectivity index (χ0) is 34.2. The zero-order valence-corrected chi connectivity index (χ0v) is 28.3. The van der Waals surface area contributed by atoms with E-state index in [1.165, 1.54) is 6.08 Å². The lowest BCUT2D eigenvalue weighted by atomic mass is 9.76. The third-order valence-corrected chi connectivity index (χ3v) is 10.3. The molecule has 0 bridgehead atoms. The molecule has 2 aliphatic heterocycles. The zero-order valence-electron chi connectivity index (χ0n) is 27.6. The topological polar surface area (TPSA) is 82.3 Å². The second-order valence-electron chi connectivity index (χ2n) is 13.2. The first kappa shape index (κ1) is 33.8. The molecule has 0 N–H and O–H groups in total. The van der Waals surface area contributed by atoms with E-state index >= 15 is 0 Å².